The van der Waals surface area contributed by atoms with Gasteiger partial charge in [0.1, 0.15) is 0 Å². The van der Waals surface area contributed by atoms with Crippen molar-refractivity contribution in [3.8, 4) is 0 Å². The first-order chi connectivity index (χ1) is 14.7. The molecule has 0 bridgehead atoms. The molecule has 4 aromatic rings. The minimum atomic E-state index is 0.0783. The lowest BCUT2D eigenvalue weighted by Crippen LogP contribution is -2.30. The molecule has 0 aliphatic carbocycles. The van der Waals surface area contributed by atoms with E-state index in [0.29, 0.717) is 13.0 Å². The molecule has 2 heterocycles. The Hall–Kier alpha value is -2.41. The Labute approximate surface area is 188 Å². The van der Waals surface area contributed by atoms with Crippen molar-refractivity contribution in [2.75, 3.05) is 10.7 Å². The zero-order chi connectivity index (χ0) is 20.8. The molecule has 4 nitrogen and oxygen atoms in total. The molecule has 30 heavy (non-hydrogen) atoms. The molecular formula is C23H20ClN3OS2. The van der Waals surface area contributed by atoms with Crippen LogP contribution in [0.5, 0.6) is 0 Å². The maximum absolute atomic E-state index is 13.1. The number of anilines is 1. The second-order valence-electron chi connectivity index (χ2n) is 6.71. The number of para-hydroxylation sites is 1. The third-order valence-electron chi connectivity index (χ3n) is 4.50. The highest BCUT2D eigenvalue weighted by atomic mass is 35.5. The normalized spacial score (nSPS) is 11.0. The summed E-state index contributed by atoms with van der Waals surface area (Å²) in [6.45, 7) is 0.469. The predicted molar refractivity (Wildman–Crippen MR) is 126 cm³/mol. The van der Waals surface area contributed by atoms with Gasteiger partial charge in [0.05, 0.1) is 16.8 Å². The van der Waals surface area contributed by atoms with Gasteiger partial charge in [-0.05, 0) is 60.2 Å². The van der Waals surface area contributed by atoms with E-state index in [-0.39, 0.29) is 5.91 Å². The summed E-state index contributed by atoms with van der Waals surface area (Å²) in [7, 11) is 0. The Morgan fingerprint density at radius 3 is 2.67 bits per heavy atom. The van der Waals surface area contributed by atoms with Crippen LogP contribution in [0, 0.1) is 0 Å². The monoisotopic (exact) mass is 453 g/mol. The lowest BCUT2D eigenvalue weighted by atomic mass is 10.2. The Morgan fingerprint density at radius 1 is 1.07 bits per heavy atom. The summed E-state index contributed by atoms with van der Waals surface area (Å²) in [6, 6.07) is 19.6. The quantitative estimate of drug-likeness (QED) is 0.227. The number of nitrogens with zero attached hydrogens (tertiary/aromatic N) is 3. The van der Waals surface area contributed by atoms with Gasteiger partial charge < -0.3 is 0 Å². The molecule has 2 aromatic carbocycles. The molecule has 152 valence electrons. The van der Waals surface area contributed by atoms with Crippen molar-refractivity contribution >= 4 is 56.0 Å². The second kappa shape index (κ2) is 10.1. The Kier molecular flexibility index (Phi) is 7.00. The average Bonchev–Trinajstić information content (AvgIpc) is 3.21. The van der Waals surface area contributed by atoms with Crippen LogP contribution in [-0.2, 0) is 11.3 Å². The second-order valence-corrected chi connectivity index (χ2v) is 9.33. The molecule has 0 aliphatic heterocycles. The fraction of sp³-hybridized carbons (Fsp3) is 0.174. The highest BCUT2D eigenvalue weighted by Crippen LogP contribution is 2.30. The highest BCUT2D eigenvalue weighted by Gasteiger charge is 2.20. The van der Waals surface area contributed by atoms with Gasteiger partial charge in [-0.25, -0.2) is 4.98 Å². The molecule has 0 radical (unpaired) electrons. The number of benzene rings is 2. The summed E-state index contributed by atoms with van der Waals surface area (Å²) in [6.07, 6.45) is 4.79. The van der Waals surface area contributed by atoms with Crippen molar-refractivity contribution in [1.29, 1.82) is 0 Å². The smallest absolute Gasteiger partial charge is 0.229 e. The molecule has 0 aliphatic rings. The van der Waals surface area contributed by atoms with Crippen LogP contribution >= 0.6 is 34.7 Å². The van der Waals surface area contributed by atoms with Crippen molar-refractivity contribution in [2.24, 2.45) is 0 Å². The summed E-state index contributed by atoms with van der Waals surface area (Å²) in [5, 5.41) is 1.46. The van der Waals surface area contributed by atoms with E-state index in [0.717, 1.165) is 43.0 Å². The van der Waals surface area contributed by atoms with Gasteiger partial charge in [-0.1, -0.05) is 41.1 Å². The first-order valence-corrected chi connectivity index (χ1v) is 11.8. The number of hydrogen-bond donors (Lipinski definition) is 0. The molecule has 7 heteroatoms. The van der Waals surface area contributed by atoms with Gasteiger partial charge in [0, 0.05) is 28.7 Å². The van der Waals surface area contributed by atoms with E-state index in [2.05, 4.69) is 4.98 Å². The van der Waals surface area contributed by atoms with E-state index >= 15 is 0 Å². The lowest BCUT2D eigenvalue weighted by molar-refractivity contribution is -0.118. The van der Waals surface area contributed by atoms with Crippen molar-refractivity contribution in [1.82, 2.24) is 9.97 Å². The molecule has 0 unspecified atom stereocenters. The molecule has 0 spiro atoms. The zero-order valence-corrected chi connectivity index (χ0v) is 18.6. The lowest BCUT2D eigenvalue weighted by Gasteiger charge is -2.20. The van der Waals surface area contributed by atoms with Crippen LogP contribution in [0.3, 0.4) is 0 Å². The number of rotatable bonds is 8. The van der Waals surface area contributed by atoms with Crippen LogP contribution in [0.15, 0.2) is 78.0 Å². The van der Waals surface area contributed by atoms with Crippen molar-refractivity contribution in [2.45, 2.75) is 24.3 Å². The molecule has 0 fully saturated rings. The number of thioether (sulfide) groups is 1. The van der Waals surface area contributed by atoms with Crippen LogP contribution in [0.2, 0.25) is 5.02 Å². The van der Waals surface area contributed by atoms with Gasteiger partial charge in [0.2, 0.25) is 5.91 Å². The number of aromatic nitrogens is 2. The van der Waals surface area contributed by atoms with E-state index in [1.807, 2.05) is 60.7 Å². The molecule has 0 saturated carbocycles. The third-order valence-corrected chi connectivity index (χ3v) is 6.91. The van der Waals surface area contributed by atoms with Crippen molar-refractivity contribution < 1.29 is 4.79 Å². The number of amides is 1. The number of thiazole rings is 1. The predicted octanol–water partition coefficient (Wildman–Crippen LogP) is 6.45. The average molecular weight is 454 g/mol. The Balaban J connectivity index is 1.44. The molecule has 4 rings (SSSR count). The standard InChI is InChI=1S/C23H20ClN3OS2/c24-18-9-11-19(12-10-18)29-14-4-8-22(28)27(16-17-5-3-13-25-15-17)23-26-20-6-1-2-7-21(20)30-23/h1-3,5-7,9-13,15H,4,8,14,16H2. The van der Waals surface area contributed by atoms with Crippen LogP contribution < -0.4 is 4.90 Å². The number of fused-ring (bicyclic) bond motifs is 1. The largest absolute Gasteiger partial charge is 0.284 e. The minimum Gasteiger partial charge on any atom is -0.284 e. The number of hydrogen-bond acceptors (Lipinski definition) is 5. The minimum absolute atomic E-state index is 0.0783. The number of carbonyl (C=O) groups excluding carboxylic acids is 1. The van der Waals surface area contributed by atoms with Crippen LogP contribution in [0.4, 0.5) is 5.13 Å². The summed E-state index contributed by atoms with van der Waals surface area (Å²) >= 11 is 9.21. The van der Waals surface area contributed by atoms with Gasteiger partial charge >= 0.3 is 0 Å². The summed E-state index contributed by atoms with van der Waals surface area (Å²) in [4.78, 5) is 25.0. The zero-order valence-electron chi connectivity index (χ0n) is 16.2. The van der Waals surface area contributed by atoms with Crippen LogP contribution in [-0.4, -0.2) is 21.6 Å². The fourth-order valence-corrected chi connectivity index (χ4v) is 4.95. The first-order valence-electron chi connectivity index (χ1n) is 9.62. The topological polar surface area (TPSA) is 46.1 Å². The number of halogens is 1. The van der Waals surface area contributed by atoms with Gasteiger partial charge in [0.15, 0.2) is 5.13 Å². The maximum Gasteiger partial charge on any atom is 0.229 e. The van der Waals surface area contributed by atoms with E-state index < -0.39 is 0 Å². The summed E-state index contributed by atoms with van der Waals surface area (Å²) < 4.78 is 1.08. The molecule has 2 aromatic heterocycles. The SMILES string of the molecule is O=C(CCCSc1ccc(Cl)cc1)N(Cc1cccnc1)c1nc2ccccc2s1. The van der Waals surface area contributed by atoms with Gasteiger partial charge in [-0.2, -0.15) is 0 Å². The van der Waals surface area contributed by atoms with E-state index in [1.54, 1.807) is 40.4 Å². The van der Waals surface area contributed by atoms with E-state index in [1.165, 1.54) is 0 Å². The van der Waals surface area contributed by atoms with Crippen molar-refractivity contribution in [3.63, 3.8) is 0 Å². The fourth-order valence-electron chi connectivity index (χ4n) is 2.99. The van der Waals surface area contributed by atoms with Crippen LogP contribution in [0.1, 0.15) is 18.4 Å². The molecular weight excluding hydrogens is 434 g/mol. The molecule has 0 atom stereocenters. The molecule has 0 N–H and O–H groups in total. The third kappa shape index (κ3) is 5.39. The molecule has 1 amide bonds. The van der Waals surface area contributed by atoms with Gasteiger partial charge in [-0.3, -0.25) is 14.7 Å². The van der Waals surface area contributed by atoms with Gasteiger partial charge in [0.25, 0.3) is 0 Å². The van der Waals surface area contributed by atoms with E-state index in [4.69, 9.17) is 16.6 Å². The number of carbonyl (C=O) groups is 1. The summed E-state index contributed by atoms with van der Waals surface area (Å²) in [5.74, 6) is 0.947. The molecule has 0 saturated heterocycles. The highest BCUT2D eigenvalue weighted by molar-refractivity contribution is 7.99. The summed E-state index contributed by atoms with van der Waals surface area (Å²) in [5.41, 5.74) is 1.90. The Bertz CT molecular complexity index is 1080. The van der Waals surface area contributed by atoms with Crippen molar-refractivity contribution in [3.05, 3.63) is 83.6 Å². The first kappa shape index (κ1) is 20.8. The van der Waals surface area contributed by atoms with Gasteiger partial charge in [-0.15, -0.1) is 11.8 Å². The maximum atomic E-state index is 13.1. The Morgan fingerprint density at radius 2 is 1.90 bits per heavy atom. The van der Waals surface area contributed by atoms with E-state index in [9.17, 15) is 4.79 Å². The number of pyridine rings is 1. The van der Waals surface area contributed by atoms with Crippen LogP contribution in [0.25, 0.3) is 10.2 Å².